The van der Waals surface area contributed by atoms with Crippen molar-refractivity contribution in [3.05, 3.63) is 42.0 Å². The van der Waals surface area contributed by atoms with Crippen LogP contribution in [0.2, 0.25) is 0 Å². The maximum atomic E-state index is 5.38. The Morgan fingerprint density at radius 2 is 1.73 bits per heavy atom. The molecule has 0 spiro atoms. The Kier molecular flexibility index (Phi) is 5.89. The molecule has 0 bridgehead atoms. The van der Waals surface area contributed by atoms with Crippen molar-refractivity contribution >= 4 is 34.4 Å². The number of thiocarbonyl (C=S) groups is 1. The molecule has 1 aromatic carbocycles. The van der Waals surface area contributed by atoms with Crippen molar-refractivity contribution in [1.29, 1.82) is 0 Å². The fourth-order valence-electron chi connectivity index (χ4n) is 2.81. The highest BCUT2D eigenvalue weighted by Crippen LogP contribution is 2.18. The van der Waals surface area contributed by atoms with Crippen molar-refractivity contribution in [2.24, 2.45) is 0 Å². The summed E-state index contributed by atoms with van der Waals surface area (Å²) in [7, 11) is 0. The Bertz CT molecular complexity index is 510. The van der Waals surface area contributed by atoms with Crippen LogP contribution in [-0.4, -0.2) is 70.7 Å². The van der Waals surface area contributed by atoms with E-state index in [0.717, 1.165) is 56.0 Å². The van der Waals surface area contributed by atoms with Gasteiger partial charge in [0.2, 0.25) is 0 Å². The Hall–Kier alpha value is -0.880. The van der Waals surface area contributed by atoms with Gasteiger partial charge >= 0.3 is 0 Å². The molecule has 2 aliphatic heterocycles. The van der Waals surface area contributed by atoms with Gasteiger partial charge in [-0.2, -0.15) is 0 Å². The highest BCUT2D eigenvalue weighted by Gasteiger charge is 2.22. The van der Waals surface area contributed by atoms with Crippen LogP contribution in [0.3, 0.4) is 0 Å². The summed E-state index contributed by atoms with van der Waals surface area (Å²) in [6.45, 7) is 7.75. The number of thioether (sulfide) groups is 1. The second kappa shape index (κ2) is 8.11. The van der Waals surface area contributed by atoms with Crippen molar-refractivity contribution in [3.63, 3.8) is 0 Å². The third-order valence-electron chi connectivity index (χ3n) is 4.15. The van der Waals surface area contributed by atoms with Crippen molar-refractivity contribution in [1.82, 2.24) is 14.7 Å². The SMILES string of the molecule is S=C1SCCN1CN1CCN(C/C=C/c2ccccc2)CC1. The van der Waals surface area contributed by atoms with Crippen molar-refractivity contribution in [2.75, 3.05) is 51.7 Å². The van der Waals surface area contributed by atoms with E-state index in [-0.39, 0.29) is 0 Å². The molecular formula is C17H23N3S2. The molecule has 0 atom stereocenters. The minimum absolute atomic E-state index is 1.01. The molecular weight excluding hydrogens is 310 g/mol. The van der Waals surface area contributed by atoms with Gasteiger partial charge in [0.15, 0.2) is 0 Å². The van der Waals surface area contributed by atoms with Gasteiger partial charge < -0.3 is 4.90 Å². The summed E-state index contributed by atoms with van der Waals surface area (Å²) >= 11 is 7.19. The van der Waals surface area contributed by atoms with Crippen molar-refractivity contribution < 1.29 is 0 Å². The minimum atomic E-state index is 1.01. The van der Waals surface area contributed by atoms with Gasteiger partial charge in [0.1, 0.15) is 4.32 Å². The fraction of sp³-hybridized carbons (Fsp3) is 0.471. The zero-order valence-electron chi connectivity index (χ0n) is 12.9. The maximum Gasteiger partial charge on any atom is 0.137 e. The van der Waals surface area contributed by atoms with Crippen LogP contribution in [0.15, 0.2) is 36.4 Å². The van der Waals surface area contributed by atoms with Crippen LogP contribution in [0.1, 0.15) is 5.56 Å². The summed E-state index contributed by atoms with van der Waals surface area (Å²) in [5.41, 5.74) is 1.28. The van der Waals surface area contributed by atoms with Gasteiger partial charge in [0, 0.05) is 45.0 Å². The lowest BCUT2D eigenvalue weighted by Crippen LogP contribution is -2.50. The van der Waals surface area contributed by atoms with E-state index in [2.05, 4.69) is 57.2 Å². The second-order valence-electron chi connectivity index (χ2n) is 5.75. The lowest BCUT2D eigenvalue weighted by molar-refractivity contribution is 0.110. The van der Waals surface area contributed by atoms with Crippen LogP contribution < -0.4 is 0 Å². The van der Waals surface area contributed by atoms with Gasteiger partial charge in [-0.3, -0.25) is 9.80 Å². The van der Waals surface area contributed by atoms with Crippen molar-refractivity contribution in [3.8, 4) is 0 Å². The molecule has 1 aromatic rings. The van der Waals surface area contributed by atoms with Gasteiger partial charge in [0.25, 0.3) is 0 Å². The molecule has 118 valence electrons. The number of hydrogen-bond acceptors (Lipinski definition) is 4. The Balaban J connectivity index is 1.38. The molecule has 0 N–H and O–H groups in total. The number of rotatable bonds is 5. The first-order valence-electron chi connectivity index (χ1n) is 7.89. The molecule has 0 radical (unpaired) electrons. The summed E-state index contributed by atoms with van der Waals surface area (Å²) < 4.78 is 1.08. The van der Waals surface area contributed by atoms with Gasteiger partial charge in [-0.1, -0.05) is 66.5 Å². The van der Waals surface area contributed by atoms with E-state index in [9.17, 15) is 0 Å². The normalized spacial score (nSPS) is 21.1. The molecule has 0 aromatic heterocycles. The summed E-state index contributed by atoms with van der Waals surface area (Å²) in [5, 5.41) is 0. The number of piperazine rings is 1. The molecule has 0 saturated carbocycles. The average Bonchev–Trinajstić information content (AvgIpc) is 2.95. The molecule has 0 aliphatic carbocycles. The van der Waals surface area contributed by atoms with Gasteiger partial charge in [-0.05, 0) is 5.56 Å². The standard InChI is InChI=1S/C17H23N3S2/c21-17-20(13-14-22-17)15-19-11-9-18(10-12-19)8-4-7-16-5-2-1-3-6-16/h1-7H,8-15H2/b7-4+. The molecule has 0 amide bonds. The number of nitrogens with zero attached hydrogens (tertiary/aromatic N) is 3. The minimum Gasteiger partial charge on any atom is -0.344 e. The Labute approximate surface area is 143 Å². The monoisotopic (exact) mass is 333 g/mol. The first-order chi connectivity index (χ1) is 10.8. The fourth-order valence-corrected chi connectivity index (χ4v) is 4.03. The second-order valence-corrected chi connectivity index (χ2v) is 7.48. The molecule has 2 saturated heterocycles. The van der Waals surface area contributed by atoms with Crippen LogP contribution in [-0.2, 0) is 0 Å². The van der Waals surface area contributed by atoms with E-state index in [4.69, 9.17) is 12.2 Å². The van der Waals surface area contributed by atoms with Crippen LogP contribution in [0.4, 0.5) is 0 Å². The number of benzene rings is 1. The summed E-state index contributed by atoms with van der Waals surface area (Å²) in [6, 6.07) is 10.5. The Morgan fingerprint density at radius 3 is 2.41 bits per heavy atom. The Morgan fingerprint density at radius 1 is 1.00 bits per heavy atom. The van der Waals surface area contributed by atoms with Gasteiger partial charge in [-0.15, -0.1) is 0 Å². The van der Waals surface area contributed by atoms with Crippen LogP contribution in [0.5, 0.6) is 0 Å². The van der Waals surface area contributed by atoms with Gasteiger partial charge in [-0.25, -0.2) is 0 Å². The van der Waals surface area contributed by atoms with Gasteiger partial charge in [0.05, 0.1) is 6.67 Å². The molecule has 5 heteroatoms. The van der Waals surface area contributed by atoms with E-state index in [1.807, 2.05) is 11.8 Å². The van der Waals surface area contributed by atoms with Crippen LogP contribution in [0, 0.1) is 0 Å². The van der Waals surface area contributed by atoms with E-state index in [1.165, 1.54) is 5.56 Å². The number of hydrogen-bond donors (Lipinski definition) is 0. The predicted octanol–water partition coefficient (Wildman–Crippen LogP) is 2.61. The highest BCUT2D eigenvalue weighted by molar-refractivity contribution is 8.23. The van der Waals surface area contributed by atoms with Crippen molar-refractivity contribution in [2.45, 2.75) is 0 Å². The molecule has 0 unspecified atom stereocenters. The van der Waals surface area contributed by atoms with Crippen LogP contribution >= 0.6 is 24.0 Å². The zero-order valence-corrected chi connectivity index (χ0v) is 14.5. The molecule has 2 heterocycles. The third kappa shape index (κ3) is 4.56. The average molecular weight is 334 g/mol. The van der Waals surface area contributed by atoms with E-state index in [1.54, 1.807) is 0 Å². The predicted molar refractivity (Wildman–Crippen MR) is 100 cm³/mol. The quantitative estimate of drug-likeness (QED) is 0.764. The lowest BCUT2D eigenvalue weighted by Gasteiger charge is -2.36. The smallest absolute Gasteiger partial charge is 0.137 e. The first kappa shape index (κ1) is 16.0. The summed E-state index contributed by atoms with van der Waals surface area (Å²) in [5.74, 6) is 1.16. The molecule has 3 rings (SSSR count). The summed E-state index contributed by atoms with van der Waals surface area (Å²) in [4.78, 5) is 7.38. The maximum absolute atomic E-state index is 5.38. The highest BCUT2D eigenvalue weighted by atomic mass is 32.2. The topological polar surface area (TPSA) is 9.72 Å². The van der Waals surface area contributed by atoms with E-state index >= 15 is 0 Å². The molecule has 2 aliphatic rings. The van der Waals surface area contributed by atoms with E-state index in [0.29, 0.717) is 0 Å². The molecule has 3 nitrogen and oxygen atoms in total. The van der Waals surface area contributed by atoms with Crippen LogP contribution in [0.25, 0.3) is 6.08 Å². The largest absolute Gasteiger partial charge is 0.344 e. The zero-order chi connectivity index (χ0) is 15.2. The molecule has 2 fully saturated rings. The molecule has 22 heavy (non-hydrogen) atoms. The first-order valence-corrected chi connectivity index (χ1v) is 9.29. The summed E-state index contributed by atoms with van der Waals surface area (Å²) in [6.07, 6.45) is 4.49. The van der Waals surface area contributed by atoms with E-state index < -0.39 is 0 Å². The lowest BCUT2D eigenvalue weighted by atomic mass is 10.2. The third-order valence-corrected chi connectivity index (χ3v) is 5.66.